The van der Waals surface area contributed by atoms with Gasteiger partial charge in [-0.15, -0.1) is 0 Å². The zero-order valence-corrected chi connectivity index (χ0v) is 22.3. The van der Waals surface area contributed by atoms with Crippen molar-refractivity contribution in [2.45, 2.75) is 26.7 Å². The highest BCUT2D eigenvalue weighted by atomic mass is 32.1. The van der Waals surface area contributed by atoms with Gasteiger partial charge in [-0.1, -0.05) is 18.2 Å². The van der Waals surface area contributed by atoms with Gasteiger partial charge in [-0.3, -0.25) is 0 Å². The van der Waals surface area contributed by atoms with E-state index in [4.69, 9.17) is 26.4 Å². The third-order valence-corrected chi connectivity index (χ3v) is 6.81. The number of aromatic nitrogens is 2. The molecule has 0 amide bonds. The van der Waals surface area contributed by atoms with Crippen LogP contribution in [0, 0.1) is 19.8 Å². The standard InChI is InChI=1S/C27H35N5O3S/c1-18-6-5-7-19(2)25(18)30-27(36)31-26-28-16-21-14-23(34-4)24(15-22(21)29-26)35-17-20-8-10-32(11-9-20)12-13-33-3/h5-7,14-16,20H,8-13,17H2,1-4H3,(H2,28,29,30,31,36). The number of nitrogens with one attached hydrogen (secondary N) is 2. The van der Waals surface area contributed by atoms with E-state index in [1.807, 2.05) is 44.2 Å². The van der Waals surface area contributed by atoms with E-state index >= 15 is 0 Å². The first kappa shape index (κ1) is 26.1. The Labute approximate surface area is 218 Å². The van der Waals surface area contributed by atoms with Crippen LogP contribution in [0.4, 0.5) is 11.6 Å². The fraction of sp³-hybridized carbons (Fsp3) is 0.444. The number of anilines is 2. The van der Waals surface area contributed by atoms with Crippen molar-refractivity contribution in [1.29, 1.82) is 0 Å². The fourth-order valence-electron chi connectivity index (χ4n) is 4.43. The summed E-state index contributed by atoms with van der Waals surface area (Å²) in [6.07, 6.45) is 3.98. The van der Waals surface area contributed by atoms with Gasteiger partial charge >= 0.3 is 0 Å². The average molecular weight is 510 g/mol. The highest BCUT2D eigenvalue weighted by molar-refractivity contribution is 7.80. The Morgan fingerprint density at radius 1 is 1.08 bits per heavy atom. The Bertz CT molecular complexity index is 1180. The summed E-state index contributed by atoms with van der Waals surface area (Å²) in [6, 6.07) is 9.94. The molecule has 3 aromatic rings. The molecule has 2 N–H and O–H groups in total. The molecule has 1 aromatic heterocycles. The van der Waals surface area contributed by atoms with Gasteiger partial charge in [0.15, 0.2) is 16.6 Å². The predicted molar refractivity (Wildman–Crippen MR) is 148 cm³/mol. The first-order valence-corrected chi connectivity index (χ1v) is 12.7. The van der Waals surface area contributed by atoms with Crippen molar-refractivity contribution in [1.82, 2.24) is 14.9 Å². The zero-order valence-electron chi connectivity index (χ0n) is 21.5. The largest absolute Gasteiger partial charge is 0.493 e. The van der Waals surface area contributed by atoms with Crippen molar-refractivity contribution in [3.05, 3.63) is 47.7 Å². The number of fused-ring (bicyclic) bond motifs is 1. The molecule has 1 aliphatic rings. The summed E-state index contributed by atoms with van der Waals surface area (Å²) in [4.78, 5) is 11.5. The summed E-state index contributed by atoms with van der Waals surface area (Å²) >= 11 is 5.51. The molecule has 0 unspecified atom stereocenters. The first-order valence-electron chi connectivity index (χ1n) is 12.3. The summed E-state index contributed by atoms with van der Waals surface area (Å²) in [6.45, 7) is 8.66. The fourth-order valence-corrected chi connectivity index (χ4v) is 4.63. The average Bonchev–Trinajstić information content (AvgIpc) is 2.88. The van der Waals surface area contributed by atoms with Crippen LogP contribution in [0.25, 0.3) is 10.9 Å². The number of para-hydroxylation sites is 1. The molecule has 4 rings (SSSR count). The second kappa shape index (κ2) is 12.3. The van der Waals surface area contributed by atoms with Crippen LogP contribution in [0.3, 0.4) is 0 Å². The van der Waals surface area contributed by atoms with Gasteiger partial charge in [-0.25, -0.2) is 9.97 Å². The van der Waals surface area contributed by atoms with E-state index < -0.39 is 0 Å². The Morgan fingerprint density at radius 3 is 2.53 bits per heavy atom. The van der Waals surface area contributed by atoms with Crippen molar-refractivity contribution >= 4 is 39.9 Å². The number of benzene rings is 2. The summed E-state index contributed by atoms with van der Waals surface area (Å²) in [5, 5.41) is 7.66. The Balaban J connectivity index is 1.41. The number of nitrogens with zero attached hydrogens (tertiary/aromatic N) is 3. The van der Waals surface area contributed by atoms with E-state index in [0.717, 1.165) is 66.8 Å². The minimum atomic E-state index is 0.422. The second-order valence-corrected chi connectivity index (χ2v) is 9.60. The summed E-state index contributed by atoms with van der Waals surface area (Å²) < 4.78 is 17.0. The molecule has 1 fully saturated rings. The minimum absolute atomic E-state index is 0.422. The number of aryl methyl sites for hydroxylation is 2. The second-order valence-electron chi connectivity index (χ2n) is 9.19. The number of thiocarbonyl (C=S) groups is 1. The Morgan fingerprint density at radius 2 is 1.83 bits per heavy atom. The number of hydrogen-bond acceptors (Lipinski definition) is 7. The number of hydrogen-bond donors (Lipinski definition) is 2. The molecule has 36 heavy (non-hydrogen) atoms. The summed E-state index contributed by atoms with van der Waals surface area (Å²) in [5.74, 6) is 2.30. The highest BCUT2D eigenvalue weighted by Crippen LogP contribution is 2.33. The van der Waals surface area contributed by atoms with Crippen LogP contribution in [-0.2, 0) is 4.74 Å². The van der Waals surface area contributed by atoms with Crippen LogP contribution in [0.2, 0.25) is 0 Å². The molecule has 0 saturated carbocycles. The van der Waals surface area contributed by atoms with Crippen molar-refractivity contribution in [3.8, 4) is 11.5 Å². The lowest BCUT2D eigenvalue weighted by atomic mass is 9.98. The van der Waals surface area contributed by atoms with Crippen molar-refractivity contribution in [2.24, 2.45) is 5.92 Å². The minimum Gasteiger partial charge on any atom is -0.493 e. The molecular weight excluding hydrogens is 474 g/mol. The van der Waals surface area contributed by atoms with E-state index in [9.17, 15) is 0 Å². The van der Waals surface area contributed by atoms with Crippen LogP contribution in [0.1, 0.15) is 24.0 Å². The van der Waals surface area contributed by atoms with Gasteiger partial charge in [0.2, 0.25) is 5.95 Å². The van der Waals surface area contributed by atoms with Gasteiger partial charge in [0.25, 0.3) is 0 Å². The van der Waals surface area contributed by atoms with Crippen LogP contribution >= 0.6 is 12.2 Å². The maximum absolute atomic E-state index is 6.23. The first-order chi connectivity index (χ1) is 17.5. The molecule has 1 aliphatic heterocycles. The molecule has 2 aromatic carbocycles. The smallest absolute Gasteiger partial charge is 0.229 e. The maximum Gasteiger partial charge on any atom is 0.229 e. The third-order valence-electron chi connectivity index (χ3n) is 6.60. The Hall–Kier alpha value is -3.01. The quantitative estimate of drug-likeness (QED) is 0.395. The summed E-state index contributed by atoms with van der Waals surface area (Å²) in [7, 11) is 3.40. The molecule has 0 radical (unpaired) electrons. The number of methoxy groups -OCH3 is 2. The molecular formula is C27H35N5O3S. The van der Waals surface area contributed by atoms with Crippen LogP contribution in [0.15, 0.2) is 36.5 Å². The van der Waals surface area contributed by atoms with Crippen LogP contribution in [-0.4, -0.2) is 67.0 Å². The van der Waals surface area contributed by atoms with E-state index in [2.05, 4.69) is 25.5 Å². The lowest BCUT2D eigenvalue weighted by Gasteiger charge is -2.31. The van der Waals surface area contributed by atoms with Gasteiger partial charge in [0.1, 0.15) is 0 Å². The SMILES string of the molecule is COCCN1CCC(COc2cc3nc(NC(=S)Nc4c(C)cccc4C)ncc3cc2OC)CC1. The monoisotopic (exact) mass is 509 g/mol. The maximum atomic E-state index is 6.23. The van der Waals surface area contributed by atoms with Gasteiger partial charge in [-0.05, 0) is 75.1 Å². The molecule has 8 nitrogen and oxygen atoms in total. The van der Waals surface area contributed by atoms with E-state index in [1.165, 1.54) is 0 Å². The molecule has 0 bridgehead atoms. The molecule has 2 heterocycles. The normalized spacial score (nSPS) is 14.6. The molecule has 9 heteroatoms. The highest BCUT2D eigenvalue weighted by Gasteiger charge is 2.20. The van der Waals surface area contributed by atoms with Crippen LogP contribution < -0.4 is 20.1 Å². The Kier molecular flexibility index (Phi) is 8.90. The van der Waals surface area contributed by atoms with E-state index in [1.54, 1.807) is 20.4 Å². The zero-order chi connectivity index (χ0) is 25.5. The van der Waals surface area contributed by atoms with Crippen LogP contribution in [0.5, 0.6) is 11.5 Å². The number of likely N-dealkylation sites (tertiary alicyclic amines) is 1. The van der Waals surface area contributed by atoms with Gasteiger partial charge in [-0.2, -0.15) is 0 Å². The molecule has 1 saturated heterocycles. The lowest BCUT2D eigenvalue weighted by Crippen LogP contribution is -2.37. The van der Waals surface area contributed by atoms with Crippen molar-refractivity contribution in [2.75, 3.05) is 57.7 Å². The lowest BCUT2D eigenvalue weighted by molar-refractivity contribution is 0.104. The third kappa shape index (κ3) is 6.60. The predicted octanol–water partition coefficient (Wildman–Crippen LogP) is 4.80. The molecule has 192 valence electrons. The van der Waals surface area contributed by atoms with Crippen molar-refractivity contribution < 1.29 is 14.2 Å². The molecule has 0 spiro atoms. The molecule has 0 aliphatic carbocycles. The topological polar surface area (TPSA) is 80.8 Å². The van der Waals surface area contributed by atoms with E-state index in [0.29, 0.717) is 35.1 Å². The van der Waals surface area contributed by atoms with Gasteiger partial charge < -0.3 is 29.7 Å². The molecule has 0 atom stereocenters. The number of ether oxygens (including phenoxy) is 3. The number of piperidine rings is 1. The van der Waals surface area contributed by atoms with E-state index in [-0.39, 0.29) is 0 Å². The van der Waals surface area contributed by atoms with Gasteiger partial charge in [0, 0.05) is 37.0 Å². The number of rotatable bonds is 9. The van der Waals surface area contributed by atoms with Crippen molar-refractivity contribution in [3.63, 3.8) is 0 Å². The summed E-state index contributed by atoms with van der Waals surface area (Å²) in [5.41, 5.74) is 3.98. The van der Waals surface area contributed by atoms with Gasteiger partial charge in [0.05, 0.1) is 25.8 Å².